The summed E-state index contributed by atoms with van der Waals surface area (Å²) in [5.74, 6) is 6.31. The number of anilines is 1. The highest BCUT2D eigenvalue weighted by molar-refractivity contribution is 6.34. The number of amides is 2. The van der Waals surface area contributed by atoms with E-state index in [1.807, 2.05) is 13.8 Å². The molecule has 0 fully saturated rings. The van der Waals surface area contributed by atoms with Gasteiger partial charge < -0.3 is 28.3 Å². The van der Waals surface area contributed by atoms with E-state index >= 15 is 0 Å². The summed E-state index contributed by atoms with van der Waals surface area (Å²) in [6, 6.07) is 0. The first-order valence-corrected chi connectivity index (χ1v) is 13.5. The SMILES string of the molecule is CCOC(=O)OCCC#Cc1cn(Cc2ncc(C)c(OC)c2C)c2nc(N(C(=O)OCC)C(=O)OCC)nc(Cl)c12. The van der Waals surface area contributed by atoms with Gasteiger partial charge in [-0.1, -0.05) is 23.4 Å². The van der Waals surface area contributed by atoms with E-state index in [-0.39, 0.29) is 56.1 Å². The zero-order chi connectivity index (χ0) is 30.8. The van der Waals surface area contributed by atoms with Gasteiger partial charge in [-0.15, -0.1) is 4.90 Å². The minimum absolute atomic E-state index is 0.000906. The standard InChI is InChI=1S/C28H32ClN5O8/c1-7-39-26(35)34(27(36)40-8-2)25-31-23(29)21-19(12-10-11-13-42-28(37)41-9-3)15-33(24(21)32-25)16-20-18(5)22(38-6)17(4)14-30-20/h14-15H,7-9,11,13,16H2,1-6H3. The van der Waals surface area contributed by atoms with Crippen molar-refractivity contribution in [1.82, 2.24) is 19.5 Å². The number of carbonyl (C=O) groups is 3. The highest BCUT2D eigenvalue weighted by Crippen LogP contribution is 2.31. The Bertz CT molecular complexity index is 1510. The lowest BCUT2D eigenvalue weighted by Gasteiger charge is -2.18. The molecule has 2 amide bonds. The molecule has 0 saturated carbocycles. The van der Waals surface area contributed by atoms with Crippen molar-refractivity contribution in [3.8, 4) is 17.6 Å². The molecule has 3 heterocycles. The van der Waals surface area contributed by atoms with Gasteiger partial charge in [0.2, 0.25) is 5.95 Å². The lowest BCUT2D eigenvalue weighted by molar-refractivity contribution is 0.0607. The molecule has 0 aliphatic heterocycles. The molecule has 0 aromatic carbocycles. The molecule has 3 rings (SSSR count). The topological polar surface area (TPSA) is 144 Å². The zero-order valence-corrected chi connectivity index (χ0v) is 25.0. The number of hydrogen-bond donors (Lipinski definition) is 0. The molecule has 0 saturated heterocycles. The van der Waals surface area contributed by atoms with Crippen molar-refractivity contribution in [2.24, 2.45) is 0 Å². The Morgan fingerprint density at radius 3 is 2.29 bits per heavy atom. The number of aromatic nitrogens is 4. The number of ether oxygens (including phenoxy) is 5. The van der Waals surface area contributed by atoms with E-state index in [1.54, 1.807) is 44.8 Å². The molecule has 0 N–H and O–H groups in total. The third kappa shape index (κ3) is 7.38. The molecule has 0 aliphatic rings. The predicted octanol–water partition coefficient (Wildman–Crippen LogP) is 5.19. The quantitative estimate of drug-likeness (QED) is 0.105. The van der Waals surface area contributed by atoms with Gasteiger partial charge in [-0.05, 0) is 34.6 Å². The second-order valence-corrected chi connectivity index (χ2v) is 8.90. The first-order chi connectivity index (χ1) is 20.2. The number of halogens is 1. The maximum Gasteiger partial charge on any atom is 0.508 e. The third-order valence-corrected chi connectivity index (χ3v) is 6.04. The zero-order valence-electron chi connectivity index (χ0n) is 24.3. The van der Waals surface area contributed by atoms with Crippen molar-refractivity contribution in [3.05, 3.63) is 39.9 Å². The number of rotatable bonds is 9. The van der Waals surface area contributed by atoms with Gasteiger partial charge in [0.25, 0.3) is 0 Å². The first-order valence-electron chi connectivity index (χ1n) is 13.1. The van der Waals surface area contributed by atoms with Crippen molar-refractivity contribution < 1.29 is 38.1 Å². The molecule has 3 aromatic rings. The summed E-state index contributed by atoms with van der Waals surface area (Å²) in [5, 5.41) is 0.314. The van der Waals surface area contributed by atoms with Crippen LogP contribution in [-0.4, -0.2) is 71.4 Å². The summed E-state index contributed by atoms with van der Waals surface area (Å²) < 4.78 is 27.0. The maximum atomic E-state index is 12.7. The first kappa shape index (κ1) is 32.0. The summed E-state index contributed by atoms with van der Waals surface area (Å²) in [6.45, 7) is 9.10. The van der Waals surface area contributed by atoms with Gasteiger partial charge in [-0.2, -0.15) is 9.97 Å². The molecule has 13 nitrogen and oxygen atoms in total. The highest BCUT2D eigenvalue weighted by Gasteiger charge is 2.31. The fourth-order valence-electron chi connectivity index (χ4n) is 3.96. The predicted molar refractivity (Wildman–Crippen MR) is 153 cm³/mol. The normalized spacial score (nSPS) is 10.5. The molecule has 0 spiro atoms. The Labute approximate surface area is 248 Å². The van der Waals surface area contributed by atoms with Crippen LogP contribution in [0.15, 0.2) is 12.4 Å². The van der Waals surface area contributed by atoms with Crippen LogP contribution in [0.5, 0.6) is 5.75 Å². The smallest absolute Gasteiger partial charge is 0.496 e. The van der Waals surface area contributed by atoms with E-state index in [0.717, 1.165) is 11.1 Å². The second kappa shape index (κ2) is 14.9. The van der Waals surface area contributed by atoms with Crippen LogP contribution in [0, 0.1) is 25.7 Å². The minimum atomic E-state index is -1.02. The number of methoxy groups -OCH3 is 1. The van der Waals surface area contributed by atoms with Crippen molar-refractivity contribution in [3.63, 3.8) is 0 Å². The highest BCUT2D eigenvalue weighted by atomic mass is 35.5. The van der Waals surface area contributed by atoms with Gasteiger partial charge in [-0.3, -0.25) is 4.98 Å². The van der Waals surface area contributed by atoms with Gasteiger partial charge in [0.15, 0.2) is 0 Å². The van der Waals surface area contributed by atoms with E-state index in [9.17, 15) is 14.4 Å². The molecule has 0 radical (unpaired) electrons. The number of pyridine rings is 1. The Hall–Kier alpha value is -4.57. The largest absolute Gasteiger partial charge is 0.508 e. The van der Waals surface area contributed by atoms with Crippen LogP contribution >= 0.6 is 11.6 Å². The molecule has 42 heavy (non-hydrogen) atoms. The number of fused-ring (bicyclic) bond motifs is 1. The van der Waals surface area contributed by atoms with E-state index in [0.29, 0.717) is 27.3 Å². The average Bonchev–Trinajstić information content (AvgIpc) is 3.28. The van der Waals surface area contributed by atoms with Crippen LogP contribution in [0.3, 0.4) is 0 Å². The van der Waals surface area contributed by atoms with Gasteiger partial charge >= 0.3 is 18.3 Å². The second-order valence-electron chi connectivity index (χ2n) is 8.55. The van der Waals surface area contributed by atoms with E-state index < -0.39 is 18.3 Å². The molecule has 0 unspecified atom stereocenters. The van der Waals surface area contributed by atoms with Crippen molar-refractivity contribution >= 4 is 46.9 Å². The van der Waals surface area contributed by atoms with E-state index in [1.165, 1.54) is 0 Å². The van der Waals surface area contributed by atoms with Gasteiger partial charge in [0.05, 0.1) is 50.1 Å². The Morgan fingerprint density at radius 2 is 1.67 bits per heavy atom. The van der Waals surface area contributed by atoms with Gasteiger partial charge in [0.1, 0.15) is 23.2 Å². The number of nitrogens with zero attached hydrogens (tertiary/aromatic N) is 5. The Balaban J connectivity index is 2.13. The molecule has 0 atom stereocenters. The minimum Gasteiger partial charge on any atom is -0.496 e. The van der Waals surface area contributed by atoms with Gasteiger partial charge in [0, 0.05) is 29.9 Å². The van der Waals surface area contributed by atoms with Crippen LogP contribution in [0.25, 0.3) is 11.0 Å². The molecule has 3 aromatic heterocycles. The summed E-state index contributed by atoms with van der Waals surface area (Å²) in [4.78, 5) is 50.7. The van der Waals surface area contributed by atoms with Gasteiger partial charge in [-0.25, -0.2) is 14.4 Å². The van der Waals surface area contributed by atoms with Crippen molar-refractivity contribution in [2.45, 2.75) is 47.6 Å². The molecular weight excluding hydrogens is 570 g/mol. The Kier molecular flexibility index (Phi) is 11.3. The Morgan fingerprint density at radius 1 is 1.00 bits per heavy atom. The average molecular weight is 602 g/mol. The maximum absolute atomic E-state index is 12.7. The fraction of sp³-hybridized carbons (Fsp3) is 0.429. The lowest BCUT2D eigenvalue weighted by atomic mass is 10.1. The van der Waals surface area contributed by atoms with Crippen LogP contribution < -0.4 is 9.64 Å². The van der Waals surface area contributed by atoms with Crippen LogP contribution in [0.1, 0.15) is 49.6 Å². The van der Waals surface area contributed by atoms with Crippen LogP contribution in [-0.2, 0) is 25.5 Å². The molecule has 0 aliphatic carbocycles. The van der Waals surface area contributed by atoms with E-state index in [2.05, 4.69) is 26.8 Å². The molecule has 0 bridgehead atoms. The van der Waals surface area contributed by atoms with Crippen molar-refractivity contribution in [2.75, 3.05) is 38.4 Å². The molecule has 224 valence electrons. The molecular formula is C28H32ClN5O8. The number of carbonyl (C=O) groups excluding carboxylic acids is 3. The van der Waals surface area contributed by atoms with Crippen molar-refractivity contribution in [1.29, 1.82) is 0 Å². The summed E-state index contributed by atoms with van der Waals surface area (Å²) >= 11 is 6.62. The number of imide groups is 1. The fourth-order valence-corrected chi connectivity index (χ4v) is 4.22. The van der Waals surface area contributed by atoms with Crippen LogP contribution in [0.4, 0.5) is 20.3 Å². The monoisotopic (exact) mass is 601 g/mol. The summed E-state index contributed by atoms with van der Waals surface area (Å²) in [6.07, 6.45) is 0.814. The van der Waals surface area contributed by atoms with E-state index in [4.69, 9.17) is 35.3 Å². The number of aryl methyl sites for hydroxylation is 1. The van der Waals surface area contributed by atoms with Crippen LogP contribution in [0.2, 0.25) is 5.15 Å². The molecule has 14 heteroatoms. The third-order valence-electron chi connectivity index (χ3n) is 5.76. The number of hydrogen-bond acceptors (Lipinski definition) is 11. The lowest BCUT2D eigenvalue weighted by Crippen LogP contribution is -2.39. The summed E-state index contributed by atoms with van der Waals surface area (Å²) in [7, 11) is 1.59. The summed E-state index contributed by atoms with van der Waals surface area (Å²) in [5.41, 5.74) is 3.12.